The highest BCUT2D eigenvalue weighted by atomic mass is 32.2. The fraction of sp³-hybridized carbons (Fsp3) is 0.308. The number of nitriles is 1. The molecule has 1 aromatic rings. The number of hydrogen-bond donors (Lipinski definition) is 1. The Hall–Kier alpha value is -1.84. The second-order valence-corrected chi connectivity index (χ2v) is 6.16. The number of anilines is 1. The van der Waals surface area contributed by atoms with E-state index < -0.39 is 10.0 Å². The molecule has 0 aliphatic rings. The molecule has 19 heavy (non-hydrogen) atoms. The number of nitrogens with two attached hydrogens (primary N) is 1. The van der Waals surface area contributed by atoms with E-state index in [0.717, 1.165) is 5.57 Å². The molecule has 0 saturated carbocycles. The molecule has 6 heteroatoms. The first-order chi connectivity index (χ1) is 8.82. The van der Waals surface area contributed by atoms with Crippen molar-refractivity contribution in [2.45, 2.75) is 18.7 Å². The summed E-state index contributed by atoms with van der Waals surface area (Å²) >= 11 is 0. The van der Waals surface area contributed by atoms with Crippen molar-refractivity contribution in [3.8, 4) is 6.07 Å². The summed E-state index contributed by atoms with van der Waals surface area (Å²) in [4.78, 5) is -0.0210. The molecule has 0 unspecified atom stereocenters. The van der Waals surface area contributed by atoms with E-state index in [1.54, 1.807) is 13.8 Å². The number of benzene rings is 1. The molecule has 0 saturated heterocycles. The SMILES string of the molecule is C=C(C)CN(CC)S(=O)(=O)c1ccc(N)cc1C#N. The molecule has 1 rings (SSSR count). The molecule has 0 fully saturated rings. The van der Waals surface area contributed by atoms with Gasteiger partial charge in [0.2, 0.25) is 10.0 Å². The van der Waals surface area contributed by atoms with Gasteiger partial charge in [-0.05, 0) is 25.1 Å². The number of likely N-dealkylation sites (N-methyl/N-ethyl adjacent to an activating group) is 1. The zero-order valence-corrected chi connectivity index (χ0v) is 11.9. The molecule has 102 valence electrons. The molecule has 0 amide bonds. The molecule has 0 aliphatic carbocycles. The Kier molecular flexibility index (Phi) is 4.70. The average molecular weight is 279 g/mol. The Morgan fingerprint density at radius 1 is 1.53 bits per heavy atom. The van der Waals surface area contributed by atoms with Gasteiger partial charge in [-0.25, -0.2) is 8.42 Å². The van der Waals surface area contributed by atoms with Crippen molar-refractivity contribution in [1.82, 2.24) is 4.31 Å². The lowest BCUT2D eigenvalue weighted by atomic mass is 10.2. The van der Waals surface area contributed by atoms with Gasteiger partial charge in [-0.1, -0.05) is 19.1 Å². The van der Waals surface area contributed by atoms with E-state index in [0.29, 0.717) is 12.2 Å². The van der Waals surface area contributed by atoms with Crippen LogP contribution >= 0.6 is 0 Å². The molecule has 0 bridgehead atoms. The molecule has 0 heterocycles. The molecule has 5 nitrogen and oxygen atoms in total. The second kappa shape index (κ2) is 5.87. The molecule has 0 radical (unpaired) electrons. The highest BCUT2D eigenvalue weighted by Crippen LogP contribution is 2.22. The lowest BCUT2D eigenvalue weighted by Crippen LogP contribution is -2.32. The van der Waals surface area contributed by atoms with Gasteiger partial charge < -0.3 is 5.73 Å². The summed E-state index contributed by atoms with van der Waals surface area (Å²) < 4.78 is 26.2. The minimum atomic E-state index is -3.71. The van der Waals surface area contributed by atoms with Gasteiger partial charge in [0.05, 0.1) is 5.56 Å². The highest BCUT2D eigenvalue weighted by molar-refractivity contribution is 7.89. The monoisotopic (exact) mass is 279 g/mol. The first kappa shape index (κ1) is 15.2. The minimum absolute atomic E-state index is 0.0210. The smallest absolute Gasteiger partial charge is 0.244 e. The number of sulfonamides is 1. The van der Waals surface area contributed by atoms with Crippen LogP contribution in [0.15, 0.2) is 35.2 Å². The zero-order chi connectivity index (χ0) is 14.6. The molecule has 0 atom stereocenters. The van der Waals surface area contributed by atoms with E-state index in [-0.39, 0.29) is 17.0 Å². The Balaban J connectivity index is 3.34. The maximum atomic E-state index is 12.5. The first-order valence-electron chi connectivity index (χ1n) is 5.77. The summed E-state index contributed by atoms with van der Waals surface area (Å²) in [6.07, 6.45) is 0. The Bertz CT molecular complexity index is 630. The number of rotatable bonds is 5. The van der Waals surface area contributed by atoms with Gasteiger partial charge in [0.25, 0.3) is 0 Å². The van der Waals surface area contributed by atoms with Gasteiger partial charge in [0.1, 0.15) is 11.0 Å². The topological polar surface area (TPSA) is 87.2 Å². The van der Waals surface area contributed by atoms with E-state index in [9.17, 15) is 8.42 Å². The molecular formula is C13H17N3O2S. The summed E-state index contributed by atoms with van der Waals surface area (Å²) in [5.74, 6) is 0. The van der Waals surface area contributed by atoms with Crippen molar-refractivity contribution in [2.75, 3.05) is 18.8 Å². The number of nitrogen functional groups attached to an aromatic ring is 1. The average Bonchev–Trinajstić information content (AvgIpc) is 2.34. The van der Waals surface area contributed by atoms with Crippen LogP contribution in [0.5, 0.6) is 0 Å². The Morgan fingerprint density at radius 2 is 2.16 bits per heavy atom. The van der Waals surface area contributed by atoms with Crippen LogP contribution < -0.4 is 5.73 Å². The zero-order valence-electron chi connectivity index (χ0n) is 11.0. The van der Waals surface area contributed by atoms with Gasteiger partial charge in [-0.3, -0.25) is 0 Å². The summed E-state index contributed by atoms with van der Waals surface area (Å²) in [7, 11) is -3.71. The minimum Gasteiger partial charge on any atom is -0.399 e. The third-order valence-electron chi connectivity index (χ3n) is 2.54. The van der Waals surface area contributed by atoms with Crippen LogP contribution in [-0.4, -0.2) is 25.8 Å². The highest BCUT2D eigenvalue weighted by Gasteiger charge is 2.25. The van der Waals surface area contributed by atoms with Crippen LogP contribution in [0.25, 0.3) is 0 Å². The number of hydrogen-bond acceptors (Lipinski definition) is 4. The van der Waals surface area contributed by atoms with Crippen LogP contribution in [0.1, 0.15) is 19.4 Å². The van der Waals surface area contributed by atoms with Gasteiger partial charge in [-0.15, -0.1) is 0 Å². The van der Waals surface area contributed by atoms with Crippen molar-refractivity contribution in [1.29, 1.82) is 5.26 Å². The van der Waals surface area contributed by atoms with Gasteiger partial charge >= 0.3 is 0 Å². The summed E-state index contributed by atoms with van der Waals surface area (Å²) in [6.45, 7) is 7.75. The molecule has 0 aromatic heterocycles. The van der Waals surface area contributed by atoms with Crippen molar-refractivity contribution in [3.63, 3.8) is 0 Å². The van der Waals surface area contributed by atoms with Crippen LogP contribution in [0.3, 0.4) is 0 Å². The van der Waals surface area contributed by atoms with E-state index in [2.05, 4.69) is 6.58 Å². The van der Waals surface area contributed by atoms with E-state index in [1.807, 2.05) is 6.07 Å². The third-order valence-corrected chi connectivity index (χ3v) is 4.52. The lowest BCUT2D eigenvalue weighted by molar-refractivity contribution is 0.452. The maximum Gasteiger partial charge on any atom is 0.244 e. The van der Waals surface area contributed by atoms with Gasteiger partial charge in [0, 0.05) is 18.8 Å². The van der Waals surface area contributed by atoms with E-state index in [4.69, 9.17) is 11.0 Å². The molecule has 0 aliphatic heterocycles. The Labute approximate surface area is 114 Å². The fourth-order valence-corrected chi connectivity index (χ4v) is 3.30. The molecular weight excluding hydrogens is 262 g/mol. The largest absolute Gasteiger partial charge is 0.399 e. The molecule has 1 aromatic carbocycles. The normalized spacial score (nSPS) is 11.3. The predicted octanol–water partition coefficient (Wildman–Crippen LogP) is 1.73. The third kappa shape index (κ3) is 3.34. The fourth-order valence-electron chi connectivity index (χ4n) is 1.67. The van der Waals surface area contributed by atoms with Crippen molar-refractivity contribution >= 4 is 15.7 Å². The van der Waals surface area contributed by atoms with Gasteiger partial charge in [0.15, 0.2) is 0 Å². The summed E-state index contributed by atoms with van der Waals surface area (Å²) in [5.41, 5.74) is 6.71. The van der Waals surface area contributed by atoms with Crippen LogP contribution in [0.2, 0.25) is 0 Å². The lowest BCUT2D eigenvalue weighted by Gasteiger charge is -2.21. The predicted molar refractivity (Wildman–Crippen MR) is 74.8 cm³/mol. The van der Waals surface area contributed by atoms with Gasteiger partial charge in [-0.2, -0.15) is 9.57 Å². The standard InChI is InChI=1S/C13H17N3O2S/c1-4-16(9-10(2)3)19(17,18)13-6-5-12(15)7-11(13)8-14/h5-7H,2,4,9,15H2,1,3H3. The van der Waals surface area contributed by atoms with Crippen LogP contribution in [0, 0.1) is 11.3 Å². The number of nitrogens with zero attached hydrogens (tertiary/aromatic N) is 2. The van der Waals surface area contributed by atoms with Crippen molar-refractivity contribution in [2.24, 2.45) is 0 Å². The quantitative estimate of drug-likeness (QED) is 0.656. The summed E-state index contributed by atoms with van der Waals surface area (Å²) in [5, 5.41) is 9.04. The van der Waals surface area contributed by atoms with E-state index in [1.165, 1.54) is 22.5 Å². The second-order valence-electron chi connectivity index (χ2n) is 4.26. The summed E-state index contributed by atoms with van der Waals surface area (Å²) in [6, 6.07) is 6.07. The van der Waals surface area contributed by atoms with E-state index >= 15 is 0 Å². The van der Waals surface area contributed by atoms with Crippen LogP contribution in [0.4, 0.5) is 5.69 Å². The first-order valence-corrected chi connectivity index (χ1v) is 7.21. The molecule has 0 spiro atoms. The molecule has 2 N–H and O–H groups in total. The van der Waals surface area contributed by atoms with Crippen molar-refractivity contribution < 1.29 is 8.42 Å². The maximum absolute atomic E-state index is 12.5. The van der Waals surface area contributed by atoms with Crippen LogP contribution in [-0.2, 0) is 10.0 Å². The Morgan fingerprint density at radius 3 is 2.63 bits per heavy atom. The van der Waals surface area contributed by atoms with Crippen molar-refractivity contribution in [3.05, 3.63) is 35.9 Å².